The SMILES string of the molecule is CC(NS(=O)(=O)c1cccc(N)c1)OS(=O)(O)=S. The van der Waals surface area contributed by atoms with E-state index < -0.39 is 25.3 Å². The van der Waals surface area contributed by atoms with E-state index in [1.54, 1.807) is 0 Å². The summed E-state index contributed by atoms with van der Waals surface area (Å²) in [7, 11) is -7.80. The lowest BCUT2D eigenvalue weighted by Crippen LogP contribution is -2.35. The van der Waals surface area contributed by atoms with Crippen molar-refractivity contribution in [3.05, 3.63) is 24.3 Å². The van der Waals surface area contributed by atoms with Gasteiger partial charge in [0, 0.05) is 16.9 Å². The van der Waals surface area contributed by atoms with Gasteiger partial charge in [0.15, 0.2) is 0 Å². The van der Waals surface area contributed by atoms with Crippen LogP contribution < -0.4 is 10.5 Å². The number of hydrogen-bond acceptors (Lipinski definition) is 6. The average molecular weight is 312 g/mol. The van der Waals surface area contributed by atoms with Crippen LogP contribution >= 0.6 is 0 Å². The maximum absolute atomic E-state index is 11.8. The molecule has 0 heterocycles. The number of rotatable bonds is 5. The maximum Gasteiger partial charge on any atom is 0.268 e. The molecule has 4 N–H and O–H groups in total. The molecule has 0 bridgehead atoms. The number of nitrogens with two attached hydrogens (primary N) is 1. The molecular weight excluding hydrogens is 300 g/mol. The maximum atomic E-state index is 11.8. The van der Waals surface area contributed by atoms with Gasteiger partial charge in [0.2, 0.25) is 10.0 Å². The summed E-state index contributed by atoms with van der Waals surface area (Å²) in [6, 6.07) is 5.58. The fourth-order valence-electron chi connectivity index (χ4n) is 1.17. The van der Waals surface area contributed by atoms with Crippen LogP contribution in [0.4, 0.5) is 5.69 Å². The van der Waals surface area contributed by atoms with E-state index in [2.05, 4.69) is 15.4 Å². The van der Waals surface area contributed by atoms with Gasteiger partial charge >= 0.3 is 0 Å². The highest BCUT2D eigenvalue weighted by atomic mass is 32.9. The average Bonchev–Trinajstić information content (AvgIpc) is 2.13. The molecule has 7 nitrogen and oxygen atoms in total. The molecular formula is C8H12N2O5S3. The van der Waals surface area contributed by atoms with Crippen molar-refractivity contribution in [1.29, 1.82) is 0 Å². The molecule has 0 saturated carbocycles. The van der Waals surface area contributed by atoms with Crippen molar-refractivity contribution in [2.75, 3.05) is 5.73 Å². The van der Waals surface area contributed by atoms with Crippen molar-refractivity contribution >= 4 is 36.0 Å². The second-order valence-electron chi connectivity index (χ2n) is 3.36. The number of anilines is 1. The summed E-state index contributed by atoms with van der Waals surface area (Å²) in [5.74, 6) is 0. The fourth-order valence-corrected chi connectivity index (χ4v) is 3.17. The topological polar surface area (TPSA) is 119 Å². The molecule has 0 radical (unpaired) electrons. The first-order chi connectivity index (χ1) is 8.10. The number of sulfonamides is 1. The molecule has 0 aliphatic carbocycles. The van der Waals surface area contributed by atoms with E-state index in [1.165, 1.54) is 31.2 Å². The minimum Gasteiger partial charge on any atom is -0.399 e. The Balaban J connectivity index is 2.89. The molecule has 0 amide bonds. The summed E-state index contributed by atoms with van der Waals surface area (Å²) in [5.41, 5.74) is 5.74. The van der Waals surface area contributed by atoms with Crippen LogP contribution in [0.15, 0.2) is 29.2 Å². The second-order valence-corrected chi connectivity index (χ2v) is 7.39. The van der Waals surface area contributed by atoms with Crippen LogP contribution in [0.5, 0.6) is 0 Å². The number of nitrogen functional groups attached to an aromatic ring is 1. The van der Waals surface area contributed by atoms with Gasteiger partial charge in [-0.1, -0.05) is 6.07 Å². The van der Waals surface area contributed by atoms with Crippen molar-refractivity contribution in [3.8, 4) is 0 Å². The fraction of sp³-hybridized carbons (Fsp3) is 0.250. The summed E-state index contributed by atoms with van der Waals surface area (Å²) < 4.78 is 49.6. The van der Waals surface area contributed by atoms with Gasteiger partial charge in [-0.2, -0.15) is 8.93 Å². The van der Waals surface area contributed by atoms with Gasteiger partial charge < -0.3 is 5.73 Å². The molecule has 0 saturated heterocycles. The van der Waals surface area contributed by atoms with Gasteiger partial charge in [0.1, 0.15) is 6.23 Å². The van der Waals surface area contributed by atoms with Crippen molar-refractivity contribution < 1.29 is 21.4 Å². The van der Waals surface area contributed by atoms with Gasteiger partial charge in [0.05, 0.1) is 4.90 Å². The number of nitrogens with one attached hydrogen (secondary N) is 1. The van der Waals surface area contributed by atoms with E-state index in [1.807, 2.05) is 4.72 Å². The molecule has 102 valence electrons. The van der Waals surface area contributed by atoms with Crippen LogP contribution in [0.1, 0.15) is 6.92 Å². The lowest BCUT2D eigenvalue weighted by molar-refractivity contribution is 0.210. The molecule has 1 aromatic carbocycles. The van der Waals surface area contributed by atoms with Crippen LogP contribution in [-0.4, -0.2) is 23.4 Å². The Kier molecular flexibility index (Phi) is 4.64. The molecule has 1 aromatic rings. The van der Waals surface area contributed by atoms with Crippen LogP contribution in [0, 0.1) is 0 Å². The summed E-state index contributed by atoms with van der Waals surface area (Å²) >= 11 is 4.09. The summed E-state index contributed by atoms with van der Waals surface area (Å²) in [6.07, 6.45) is -1.24. The van der Waals surface area contributed by atoms with Crippen LogP contribution in [0.2, 0.25) is 0 Å². The molecule has 1 rings (SSSR count). The van der Waals surface area contributed by atoms with Gasteiger partial charge in [-0.05, 0) is 25.1 Å². The van der Waals surface area contributed by atoms with E-state index in [9.17, 15) is 12.6 Å². The number of benzene rings is 1. The third-order valence-corrected chi connectivity index (χ3v) is 4.04. The first-order valence-electron chi connectivity index (χ1n) is 4.64. The zero-order valence-electron chi connectivity index (χ0n) is 9.27. The zero-order valence-corrected chi connectivity index (χ0v) is 11.7. The summed E-state index contributed by atoms with van der Waals surface area (Å²) in [6.45, 7) is 1.24. The second kappa shape index (κ2) is 5.47. The summed E-state index contributed by atoms with van der Waals surface area (Å²) in [5, 5.41) is 0. The van der Waals surface area contributed by atoms with Crippen molar-refractivity contribution in [3.63, 3.8) is 0 Å². The highest BCUT2D eigenvalue weighted by Gasteiger charge is 2.20. The van der Waals surface area contributed by atoms with E-state index in [-0.39, 0.29) is 10.6 Å². The Bertz CT molecular complexity index is 626. The van der Waals surface area contributed by atoms with Crippen molar-refractivity contribution in [2.45, 2.75) is 18.0 Å². The van der Waals surface area contributed by atoms with Gasteiger partial charge in [-0.3, -0.25) is 4.55 Å². The summed E-state index contributed by atoms with van der Waals surface area (Å²) in [4.78, 5) is -0.0771. The quantitative estimate of drug-likeness (QED) is 0.519. The Morgan fingerprint density at radius 3 is 2.56 bits per heavy atom. The third kappa shape index (κ3) is 4.84. The van der Waals surface area contributed by atoms with Gasteiger partial charge in [-0.25, -0.2) is 12.6 Å². The monoisotopic (exact) mass is 312 g/mol. The Labute approximate surface area is 110 Å². The van der Waals surface area contributed by atoms with Crippen molar-refractivity contribution in [2.24, 2.45) is 0 Å². The highest BCUT2D eigenvalue weighted by Crippen LogP contribution is 2.13. The van der Waals surface area contributed by atoms with E-state index in [0.29, 0.717) is 0 Å². The molecule has 0 aliphatic heterocycles. The Hall–Kier alpha value is -0.780. The first kappa shape index (κ1) is 15.3. The minimum absolute atomic E-state index is 0.0771. The lowest BCUT2D eigenvalue weighted by atomic mass is 10.3. The van der Waals surface area contributed by atoms with Gasteiger partial charge in [0.25, 0.3) is 9.05 Å². The van der Waals surface area contributed by atoms with Crippen LogP contribution in [-0.2, 0) is 34.4 Å². The van der Waals surface area contributed by atoms with Crippen LogP contribution in [0.3, 0.4) is 0 Å². The molecule has 2 unspecified atom stereocenters. The smallest absolute Gasteiger partial charge is 0.268 e. The molecule has 0 aliphatic rings. The molecule has 2 atom stereocenters. The Morgan fingerprint density at radius 1 is 1.44 bits per heavy atom. The number of hydrogen-bond donors (Lipinski definition) is 3. The molecule has 0 fully saturated rings. The van der Waals surface area contributed by atoms with Crippen molar-refractivity contribution in [1.82, 2.24) is 4.72 Å². The lowest BCUT2D eigenvalue weighted by Gasteiger charge is -2.14. The van der Waals surface area contributed by atoms with E-state index in [0.717, 1.165) is 0 Å². The Morgan fingerprint density at radius 2 is 2.06 bits per heavy atom. The largest absolute Gasteiger partial charge is 0.399 e. The van der Waals surface area contributed by atoms with Crippen LogP contribution in [0.25, 0.3) is 0 Å². The molecule has 0 spiro atoms. The molecule has 18 heavy (non-hydrogen) atoms. The normalized spacial score (nSPS) is 17.0. The van der Waals surface area contributed by atoms with E-state index in [4.69, 9.17) is 10.3 Å². The standard InChI is InChI=1S/C8H12N2O5S3/c1-6(15-18(13,14)16)10-17(11,12)8-4-2-3-7(9)5-8/h2-6,10H,9H2,1H3,(H,13,14,16). The zero-order chi connectivity index (χ0) is 14.0. The minimum atomic E-state index is -3.90. The van der Waals surface area contributed by atoms with E-state index >= 15 is 0 Å². The first-order valence-corrected chi connectivity index (χ1v) is 8.48. The molecule has 0 aromatic heterocycles. The highest BCUT2D eigenvalue weighted by molar-refractivity contribution is 8.27. The molecule has 10 heteroatoms. The van der Waals surface area contributed by atoms with Gasteiger partial charge in [-0.15, -0.1) is 0 Å². The predicted octanol–water partition coefficient (Wildman–Crippen LogP) is 0.0440. The third-order valence-electron chi connectivity index (χ3n) is 1.76. The predicted molar refractivity (Wildman–Crippen MR) is 69.9 cm³/mol.